The Morgan fingerprint density at radius 3 is 2.67 bits per heavy atom. The predicted molar refractivity (Wildman–Crippen MR) is 107 cm³/mol. The summed E-state index contributed by atoms with van der Waals surface area (Å²) in [5, 5.41) is 4.23. The standard InChI is InChI=1S/C21H21ClN2O3/c1-13-8-9-16-15(10-20(26)27-21(16)14(13)2)11-24(3)12-19(25)23-18-7-5-4-6-17(18)22/h4-10H,11-12H2,1-3H3,(H,23,25)/p+1. The highest BCUT2D eigenvalue weighted by atomic mass is 35.5. The Labute approximate surface area is 162 Å². The zero-order valence-corrected chi connectivity index (χ0v) is 16.3. The van der Waals surface area contributed by atoms with Crippen LogP contribution in [0.3, 0.4) is 0 Å². The van der Waals surface area contributed by atoms with E-state index >= 15 is 0 Å². The van der Waals surface area contributed by atoms with Crippen molar-refractivity contribution < 1.29 is 14.1 Å². The van der Waals surface area contributed by atoms with E-state index in [4.69, 9.17) is 16.0 Å². The minimum Gasteiger partial charge on any atom is -0.422 e. The molecule has 0 saturated carbocycles. The lowest BCUT2D eigenvalue weighted by Gasteiger charge is -2.16. The first kappa shape index (κ1) is 19.1. The van der Waals surface area contributed by atoms with Gasteiger partial charge in [-0.05, 0) is 37.1 Å². The Balaban J connectivity index is 1.77. The van der Waals surface area contributed by atoms with Gasteiger partial charge in [0.05, 0.1) is 17.8 Å². The topological polar surface area (TPSA) is 63.8 Å². The summed E-state index contributed by atoms with van der Waals surface area (Å²) in [6.07, 6.45) is 0. The highest BCUT2D eigenvalue weighted by molar-refractivity contribution is 6.33. The van der Waals surface area contributed by atoms with Crippen molar-refractivity contribution in [2.75, 3.05) is 18.9 Å². The molecule has 2 N–H and O–H groups in total. The SMILES string of the molecule is Cc1ccc2c(C[NH+](C)CC(=O)Nc3ccccc3Cl)cc(=O)oc2c1C. The number of hydrogen-bond acceptors (Lipinski definition) is 3. The van der Waals surface area contributed by atoms with E-state index in [9.17, 15) is 9.59 Å². The summed E-state index contributed by atoms with van der Waals surface area (Å²) in [5.74, 6) is -0.139. The second-order valence-electron chi connectivity index (χ2n) is 6.81. The van der Waals surface area contributed by atoms with Crippen LogP contribution in [0.15, 0.2) is 51.7 Å². The molecule has 0 aliphatic heterocycles. The number of anilines is 1. The molecule has 0 bridgehead atoms. The van der Waals surface area contributed by atoms with Crippen LogP contribution >= 0.6 is 11.6 Å². The zero-order chi connectivity index (χ0) is 19.6. The van der Waals surface area contributed by atoms with Crippen molar-refractivity contribution in [2.45, 2.75) is 20.4 Å². The molecule has 1 aromatic heterocycles. The van der Waals surface area contributed by atoms with Gasteiger partial charge in [0, 0.05) is 17.0 Å². The van der Waals surface area contributed by atoms with E-state index in [1.54, 1.807) is 12.1 Å². The molecule has 0 saturated heterocycles. The monoisotopic (exact) mass is 385 g/mol. The third-order valence-electron chi connectivity index (χ3n) is 4.62. The van der Waals surface area contributed by atoms with E-state index < -0.39 is 0 Å². The van der Waals surface area contributed by atoms with Crippen LogP contribution in [0.2, 0.25) is 5.02 Å². The fourth-order valence-electron chi connectivity index (χ4n) is 3.09. The van der Waals surface area contributed by atoms with Crippen LogP contribution in [0.4, 0.5) is 5.69 Å². The molecular formula is C21H22ClN2O3+. The zero-order valence-electron chi connectivity index (χ0n) is 15.6. The summed E-state index contributed by atoms with van der Waals surface area (Å²) in [5.41, 5.74) is 3.73. The van der Waals surface area contributed by atoms with Crippen molar-refractivity contribution in [3.8, 4) is 0 Å². The maximum absolute atomic E-state index is 12.3. The lowest BCUT2D eigenvalue weighted by Crippen LogP contribution is -3.08. The number of halogens is 1. The summed E-state index contributed by atoms with van der Waals surface area (Å²) in [6.45, 7) is 4.70. The summed E-state index contributed by atoms with van der Waals surface area (Å²) in [6, 6.07) is 12.6. The third kappa shape index (κ3) is 4.38. The van der Waals surface area contributed by atoms with Gasteiger partial charge in [0.25, 0.3) is 5.91 Å². The van der Waals surface area contributed by atoms with Crippen LogP contribution < -0.4 is 15.8 Å². The number of benzene rings is 2. The Kier molecular flexibility index (Phi) is 5.63. The Bertz CT molecular complexity index is 1060. The molecule has 3 rings (SSSR count). The third-order valence-corrected chi connectivity index (χ3v) is 4.95. The van der Waals surface area contributed by atoms with Crippen LogP contribution in [-0.2, 0) is 11.3 Å². The summed E-state index contributed by atoms with van der Waals surface area (Å²) in [4.78, 5) is 25.3. The predicted octanol–water partition coefficient (Wildman–Crippen LogP) is 2.72. The molecule has 27 heavy (non-hydrogen) atoms. The van der Waals surface area contributed by atoms with Crippen LogP contribution in [0.5, 0.6) is 0 Å². The van der Waals surface area contributed by atoms with E-state index in [-0.39, 0.29) is 18.1 Å². The molecule has 140 valence electrons. The lowest BCUT2D eigenvalue weighted by atomic mass is 10.0. The van der Waals surface area contributed by atoms with E-state index in [1.165, 1.54) is 6.07 Å². The summed E-state index contributed by atoms with van der Waals surface area (Å²) < 4.78 is 5.41. The number of fused-ring (bicyclic) bond motifs is 1. The van der Waals surface area contributed by atoms with Gasteiger partial charge < -0.3 is 14.6 Å². The van der Waals surface area contributed by atoms with Crippen LogP contribution in [0.25, 0.3) is 11.0 Å². The highest BCUT2D eigenvalue weighted by Crippen LogP contribution is 2.23. The van der Waals surface area contributed by atoms with Gasteiger partial charge in [0.2, 0.25) is 0 Å². The van der Waals surface area contributed by atoms with Crippen molar-refractivity contribution in [3.63, 3.8) is 0 Å². The van der Waals surface area contributed by atoms with Crippen LogP contribution in [-0.4, -0.2) is 19.5 Å². The normalized spacial score (nSPS) is 12.1. The minimum atomic E-state index is -0.375. The number of likely N-dealkylation sites (N-methyl/N-ethyl adjacent to an activating group) is 1. The van der Waals surface area contributed by atoms with Crippen LogP contribution in [0, 0.1) is 13.8 Å². The molecule has 0 aliphatic rings. The van der Waals surface area contributed by atoms with Gasteiger partial charge in [0.15, 0.2) is 6.54 Å². The first-order valence-electron chi connectivity index (χ1n) is 8.74. The number of rotatable bonds is 5. The number of aryl methyl sites for hydroxylation is 2. The number of para-hydroxylation sites is 1. The molecular weight excluding hydrogens is 364 g/mol. The number of hydrogen-bond donors (Lipinski definition) is 2. The van der Waals surface area contributed by atoms with Crippen LogP contribution in [0.1, 0.15) is 16.7 Å². The fraction of sp³-hybridized carbons (Fsp3) is 0.238. The molecule has 0 spiro atoms. The van der Waals surface area contributed by atoms with Crippen molar-refractivity contribution in [1.29, 1.82) is 0 Å². The van der Waals surface area contributed by atoms with Gasteiger partial charge in [-0.3, -0.25) is 4.79 Å². The highest BCUT2D eigenvalue weighted by Gasteiger charge is 2.16. The molecule has 0 radical (unpaired) electrons. The van der Waals surface area contributed by atoms with Gasteiger partial charge in [-0.25, -0.2) is 4.79 Å². The Hall–Kier alpha value is -2.63. The number of carbonyl (C=O) groups is 1. The molecule has 1 unspecified atom stereocenters. The van der Waals surface area contributed by atoms with Gasteiger partial charge in [-0.2, -0.15) is 0 Å². The van der Waals surface area contributed by atoms with Gasteiger partial charge in [0.1, 0.15) is 12.1 Å². The molecule has 1 amide bonds. The maximum Gasteiger partial charge on any atom is 0.336 e. The molecule has 1 heterocycles. The second-order valence-corrected chi connectivity index (χ2v) is 7.22. The number of carbonyl (C=O) groups excluding carboxylic acids is 1. The van der Waals surface area contributed by atoms with Gasteiger partial charge >= 0.3 is 5.63 Å². The van der Waals surface area contributed by atoms with E-state index in [2.05, 4.69) is 5.32 Å². The fourth-order valence-corrected chi connectivity index (χ4v) is 3.27. The molecule has 0 fully saturated rings. The van der Waals surface area contributed by atoms with Crippen molar-refractivity contribution >= 4 is 34.2 Å². The average Bonchev–Trinajstić information content (AvgIpc) is 2.60. The van der Waals surface area contributed by atoms with Crippen molar-refractivity contribution in [2.24, 2.45) is 0 Å². The summed E-state index contributed by atoms with van der Waals surface area (Å²) in [7, 11) is 1.91. The van der Waals surface area contributed by atoms with Gasteiger partial charge in [-0.1, -0.05) is 35.9 Å². The quantitative estimate of drug-likeness (QED) is 0.664. The largest absolute Gasteiger partial charge is 0.422 e. The minimum absolute atomic E-state index is 0.139. The van der Waals surface area contributed by atoms with Crippen molar-refractivity contribution in [1.82, 2.24) is 0 Å². The molecule has 0 aliphatic carbocycles. The average molecular weight is 386 g/mol. The number of amides is 1. The van der Waals surface area contributed by atoms with E-state index in [1.807, 2.05) is 45.2 Å². The number of nitrogens with one attached hydrogen (secondary N) is 2. The Morgan fingerprint density at radius 1 is 1.19 bits per heavy atom. The maximum atomic E-state index is 12.3. The lowest BCUT2D eigenvalue weighted by molar-refractivity contribution is -0.885. The first-order chi connectivity index (χ1) is 12.8. The first-order valence-corrected chi connectivity index (χ1v) is 9.11. The molecule has 1 atom stereocenters. The van der Waals surface area contributed by atoms with Gasteiger partial charge in [-0.15, -0.1) is 0 Å². The van der Waals surface area contributed by atoms with E-state index in [0.717, 1.165) is 27.0 Å². The Morgan fingerprint density at radius 2 is 1.93 bits per heavy atom. The number of quaternary nitrogens is 1. The molecule has 6 heteroatoms. The van der Waals surface area contributed by atoms with E-state index in [0.29, 0.717) is 22.8 Å². The summed E-state index contributed by atoms with van der Waals surface area (Å²) >= 11 is 6.08. The smallest absolute Gasteiger partial charge is 0.336 e. The molecule has 2 aromatic carbocycles. The molecule has 3 aromatic rings. The second kappa shape index (κ2) is 7.94. The molecule has 5 nitrogen and oxygen atoms in total. The van der Waals surface area contributed by atoms with Crippen molar-refractivity contribution in [3.05, 3.63) is 74.6 Å².